The number of aromatic nitrogens is 2. The highest BCUT2D eigenvalue weighted by Gasteiger charge is 2.24. The predicted octanol–water partition coefficient (Wildman–Crippen LogP) is 3.88. The number of nitrogens with zero attached hydrogens (tertiary/aromatic N) is 2. The maximum atomic E-state index is 12.7. The fourth-order valence-electron chi connectivity index (χ4n) is 3.60. The Kier molecular flexibility index (Phi) is 5.08. The van der Waals surface area contributed by atoms with E-state index in [1.54, 1.807) is 23.6 Å². The lowest BCUT2D eigenvalue weighted by molar-refractivity contribution is 0.0479. The topological polar surface area (TPSA) is 78.3 Å². The third-order valence-corrected chi connectivity index (χ3v) is 6.50. The molecule has 0 unspecified atom stereocenters. The summed E-state index contributed by atoms with van der Waals surface area (Å²) in [6, 6.07) is 7.33. The van der Waals surface area contributed by atoms with Crippen LogP contribution in [0, 0.1) is 6.92 Å². The molecule has 0 amide bonds. The summed E-state index contributed by atoms with van der Waals surface area (Å²) in [4.78, 5) is 43.1. The molecule has 3 heterocycles. The third kappa shape index (κ3) is 3.51. The van der Waals surface area contributed by atoms with Gasteiger partial charge in [0.2, 0.25) is 0 Å². The highest BCUT2D eigenvalue weighted by atomic mass is 32.1. The molecule has 1 aliphatic heterocycles. The molecule has 0 fully saturated rings. The number of rotatable bonds is 5. The fraction of sp³-hybridized carbons (Fsp3) is 0.364. The van der Waals surface area contributed by atoms with Gasteiger partial charge in [-0.2, -0.15) is 0 Å². The number of hydrogen-bond acceptors (Lipinski definition) is 6. The summed E-state index contributed by atoms with van der Waals surface area (Å²) in [6.45, 7) is 6.22. The Labute approximate surface area is 172 Å². The Morgan fingerprint density at radius 3 is 2.66 bits per heavy atom. The average Bonchev–Trinajstić information content (AvgIpc) is 3.31. The second-order valence-corrected chi connectivity index (χ2v) is 8.60. The minimum absolute atomic E-state index is 0.100. The average molecular weight is 410 g/mol. The highest BCUT2D eigenvalue weighted by Crippen LogP contribution is 2.29. The Morgan fingerprint density at radius 1 is 1.24 bits per heavy atom. The minimum Gasteiger partial charge on any atom is -0.453 e. The largest absolute Gasteiger partial charge is 0.453 e. The van der Waals surface area contributed by atoms with Crippen molar-refractivity contribution < 1.29 is 14.3 Å². The first-order valence-electron chi connectivity index (χ1n) is 9.70. The van der Waals surface area contributed by atoms with Crippen LogP contribution in [-0.4, -0.2) is 27.9 Å². The summed E-state index contributed by atoms with van der Waals surface area (Å²) < 4.78 is 6.94. The molecule has 1 aromatic carbocycles. The molecule has 0 bridgehead atoms. The molecule has 29 heavy (non-hydrogen) atoms. The summed E-state index contributed by atoms with van der Waals surface area (Å²) in [6.07, 6.45) is 1.68. The van der Waals surface area contributed by atoms with Crippen molar-refractivity contribution in [1.29, 1.82) is 0 Å². The van der Waals surface area contributed by atoms with Gasteiger partial charge < -0.3 is 4.74 Å². The van der Waals surface area contributed by atoms with E-state index in [9.17, 15) is 14.4 Å². The predicted molar refractivity (Wildman–Crippen MR) is 112 cm³/mol. The number of ketones is 1. The van der Waals surface area contributed by atoms with Crippen LogP contribution in [0.4, 0.5) is 0 Å². The molecule has 0 aliphatic carbocycles. The zero-order valence-electron chi connectivity index (χ0n) is 16.7. The Morgan fingerprint density at radius 2 is 1.97 bits per heavy atom. The molecule has 7 heteroatoms. The molecule has 150 valence electrons. The van der Waals surface area contributed by atoms with E-state index < -0.39 is 5.97 Å². The number of thiophene rings is 1. The summed E-state index contributed by atoms with van der Waals surface area (Å²) in [5.41, 5.74) is 2.12. The third-order valence-electron chi connectivity index (χ3n) is 5.33. The number of esters is 1. The highest BCUT2D eigenvalue weighted by molar-refractivity contribution is 7.20. The number of aryl methyl sites for hydroxylation is 2. The van der Waals surface area contributed by atoms with E-state index in [0.29, 0.717) is 38.7 Å². The van der Waals surface area contributed by atoms with E-state index >= 15 is 0 Å². The van der Waals surface area contributed by atoms with Gasteiger partial charge in [0, 0.05) is 18.5 Å². The molecule has 0 saturated heterocycles. The molecule has 0 spiro atoms. The second-order valence-electron chi connectivity index (χ2n) is 7.60. The fourth-order valence-corrected chi connectivity index (χ4v) is 4.69. The van der Waals surface area contributed by atoms with Crippen molar-refractivity contribution in [2.75, 3.05) is 6.61 Å². The van der Waals surface area contributed by atoms with Crippen LogP contribution < -0.4 is 5.56 Å². The van der Waals surface area contributed by atoms with E-state index in [-0.39, 0.29) is 17.9 Å². The van der Waals surface area contributed by atoms with Crippen LogP contribution in [0.25, 0.3) is 10.2 Å². The molecule has 0 N–H and O–H groups in total. The maximum Gasteiger partial charge on any atom is 0.349 e. The van der Waals surface area contributed by atoms with Crippen molar-refractivity contribution in [2.24, 2.45) is 0 Å². The van der Waals surface area contributed by atoms with Crippen molar-refractivity contribution in [3.63, 3.8) is 0 Å². The van der Waals surface area contributed by atoms with Gasteiger partial charge in [0.1, 0.15) is 15.5 Å². The number of benzene rings is 1. The zero-order valence-corrected chi connectivity index (χ0v) is 17.5. The number of hydrogen-bond donors (Lipinski definition) is 0. The SMILES string of the molecule is Cc1c(C(=O)OCC(=O)c2ccc(C(C)C)cc2)sc2nc3n(c(=O)c12)CCC3. The van der Waals surface area contributed by atoms with Crippen molar-refractivity contribution in [2.45, 2.75) is 46.1 Å². The first kappa shape index (κ1) is 19.5. The number of Topliss-reactive ketones (excluding diaryl/α,β-unsaturated/α-hetero) is 1. The van der Waals surface area contributed by atoms with Crippen LogP contribution in [0.1, 0.15) is 63.2 Å². The van der Waals surface area contributed by atoms with Crippen LogP contribution in [0.15, 0.2) is 29.1 Å². The van der Waals surface area contributed by atoms with Gasteiger partial charge in [-0.25, -0.2) is 9.78 Å². The molecular formula is C22H22N2O4S. The van der Waals surface area contributed by atoms with E-state index in [2.05, 4.69) is 18.8 Å². The molecule has 0 saturated carbocycles. The molecular weight excluding hydrogens is 388 g/mol. The van der Waals surface area contributed by atoms with E-state index in [4.69, 9.17) is 4.74 Å². The minimum atomic E-state index is -0.595. The van der Waals surface area contributed by atoms with Crippen LogP contribution >= 0.6 is 11.3 Å². The quantitative estimate of drug-likeness (QED) is 0.471. The smallest absolute Gasteiger partial charge is 0.349 e. The number of ether oxygens (including phenoxy) is 1. The monoisotopic (exact) mass is 410 g/mol. The van der Waals surface area contributed by atoms with E-state index in [1.165, 1.54) is 0 Å². The van der Waals surface area contributed by atoms with Gasteiger partial charge in [0.25, 0.3) is 5.56 Å². The molecule has 0 radical (unpaired) electrons. The van der Waals surface area contributed by atoms with Crippen molar-refractivity contribution >= 4 is 33.3 Å². The zero-order chi connectivity index (χ0) is 20.7. The lowest BCUT2D eigenvalue weighted by Crippen LogP contribution is -2.20. The Balaban J connectivity index is 1.52. The van der Waals surface area contributed by atoms with Crippen molar-refractivity contribution in [3.8, 4) is 0 Å². The maximum absolute atomic E-state index is 12.7. The van der Waals surface area contributed by atoms with Gasteiger partial charge in [-0.1, -0.05) is 38.1 Å². The Hall–Kier alpha value is -2.80. The summed E-state index contributed by atoms with van der Waals surface area (Å²) >= 11 is 1.15. The number of carbonyl (C=O) groups excluding carboxylic acids is 2. The molecule has 0 atom stereocenters. The van der Waals surface area contributed by atoms with Crippen molar-refractivity contribution in [1.82, 2.24) is 9.55 Å². The lowest BCUT2D eigenvalue weighted by Gasteiger charge is -2.07. The summed E-state index contributed by atoms with van der Waals surface area (Å²) in [5, 5.41) is 0.475. The van der Waals surface area contributed by atoms with Gasteiger partial charge in [-0.15, -0.1) is 11.3 Å². The first-order valence-corrected chi connectivity index (χ1v) is 10.5. The molecule has 3 aromatic rings. The van der Waals surface area contributed by atoms with Crippen LogP contribution in [0.5, 0.6) is 0 Å². The van der Waals surface area contributed by atoms with Gasteiger partial charge in [-0.3, -0.25) is 14.2 Å². The van der Waals surface area contributed by atoms with E-state index in [0.717, 1.165) is 35.6 Å². The van der Waals surface area contributed by atoms with Gasteiger partial charge in [0.15, 0.2) is 12.4 Å². The van der Waals surface area contributed by atoms with Gasteiger partial charge >= 0.3 is 5.97 Å². The Bertz CT molecular complexity index is 1170. The normalized spacial score (nSPS) is 13.1. The lowest BCUT2D eigenvalue weighted by atomic mass is 10.0. The van der Waals surface area contributed by atoms with Crippen LogP contribution in [-0.2, 0) is 17.7 Å². The summed E-state index contributed by atoms with van der Waals surface area (Å²) in [7, 11) is 0. The molecule has 1 aliphatic rings. The first-order chi connectivity index (χ1) is 13.9. The van der Waals surface area contributed by atoms with Crippen molar-refractivity contribution in [3.05, 3.63) is 62.0 Å². The summed E-state index contributed by atoms with van der Waals surface area (Å²) in [5.74, 6) is 0.294. The second kappa shape index (κ2) is 7.55. The van der Waals surface area contributed by atoms with Gasteiger partial charge in [0.05, 0.1) is 5.39 Å². The number of carbonyl (C=O) groups is 2. The van der Waals surface area contributed by atoms with Gasteiger partial charge in [-0.05, 0) is 30.4 Å². The van der Waals surface area contributed by atoms with Crippen LogP contribution in [0.3, 0.4) is 0 Å². The van der Waals surface area contributed by atoms with Crippen LogP contribution in [0.2, 0.25) is 0 Å². The standard InChI is InChI=1S/C22H22N2O4S/c1-12(2)14-6-8-15(9-7-14)16(25)11-28-22(27)19-13(3)18-20(29-19)23-17-5-4-10-24(17)21(18)26/h6-9,12H,4-5,10-11H2,1-3H3. The molecule has 6 nitrogen and oxygen atoms in total. The number of fused-ring (bicyclic) bond motifs is 2. The van der Waals surface area contributed by atoms with E-state index in [1.807, 2.05) is 12.1 Å². The molecule has 2 aromatic heterocycles. The molecule has 4 rings (SSSR count).